The zero-order valence-electron chi connectivity index (χ0n) is 13.7. The maximum absolute atomic E-state index is 12.1. The van der Waals surface area contributed by atoms with Crippen LogP contribution < -0.4 is 11.1 Å². The molecular weight excluding hydrogens is 248 g/mol. The average Bonchev–Trinajstić information content (AvgIpc) is 2.40. The van der Waals surface area contributed by atoms with E-state index in [4.69, 9.17) is 5.73 Å². The van der Waals surface area contributed by atoms with E-state index in [0.717, 1.165) is 19.4 Å². The van der Waals surface area contributed by atoms with Gasteiger partial charge in [0.25, 0.3) is 0 Å². The standard InChI is InChI=1S/C17H34N2O/c1-4-5-8-11-17(2,3)13-19-16(20)12-14-9-6-7-10-15(14)18/h14-15H,4-13,18H2,1-3H3,(H,19,20). The molecule has 0 spiro atoms. The van der Waals surface area contributed by atoms with Crippen LogP contribution in [0, 0.1) is 11.3 Å². The molecule has 1 aliphatic rings. The molecule has 0 saturated heterocycles. The molecule has 0 aliphatic heterocycles. The van der Waals surface area contributed by atoms with E-state index in [1.54, 1.807) is 0 Å². The fourth-order valence-electron chi connectivity index (χ4n) is 3.08. The minimum atomic E-state index is 0.191. The Bertz CT molecular complexity index is 289. The maximum Gasteiger partial charge on any atom is 0.220 e. The fraction of sp³-hybridized carbons (Fsp3) is 0.941. The van der Waals surface area contributed by atoms with E-state index in [1.165, 1.54) is 38.5 Å². The van der Waals surface area contributed by atoms with Crippen molar-refractivity contribution in [2.24, 2.45) is 17.1 Å². The summed E-state index contributed by atoms with van der Waals surface area (Å²) >= 11 is 0. The fourth-order valence-corrected chi connectivity index (χ4v) is 3.08. The normalized spacial score (nSPS) is 23.6. The Morgan fingerprint density at radius 2 is 1.95 bits per heavy atom. The van der Waals surface area contributed by atoms with Gasteiger partial charge in [-0.3, -0.25) is 4.79 Å². The number of rotatable bonds is 8. The van der Waals surface area contributed by atoms with Crippen LogP contribution in [-0.4, -0.2) is 18.5 Å². The second kappa shape index (κ2) is 8.66. The molecule has 0 bridgehead atoms. The summed E-state index contributed by atoms with van der Waals surface area (Å²) in [6, 6.07) is 0.229. The number of carbonyl (C=O) groups is 1. The van der Waals surface area contributed by atoms with Crippen molar-refractivity contribution >= 4 is 5.91 Å². The molecule has 0 aromatic heterocycles. The first kappa shape index (κ1) is 17.5. The number of nitrogens with two attached hydrogens (primary N) is 1. The van der Waals surface area contributed by atoms with Crippen LogP contribution in [0.5, 0.6) is 0 Å². The highest BCUT2D eigenvalue weighted by Crippen LogP contribution is 2.26. The lowest BCUT2D eigenvalue weighted by atomic mass is 9.82. The molecule has 20 heavy (non-hydrogen) atoms. The van der Waals surface area contributed by atoms with Gasteiger partial charge in [-0.2, -0.15) is 0 Å². The molecule has 1 amide bonds. The van der Waals surface area contributed by atoms with Crippen LogP contribution in [0.1, 0.15) is 78.6 Å². The Morgan fingerprint density at radius 1 is 1.25 bits per heavy atom. The Labute approximate surface area is 125 Å². The lowest BCUT2D eigenvalue weighted by Crippen LogP contribution is -2.39. The van der Waals surface area contributed by atoms with Crippen LogP contribution in [0.3, 0.4) is 0 Å². The highest BCUT2D eigenvalue weighted by molar-refractivity contribution is 5.76. The van der Waals surface area contributed by atoms with Gasteiger partial charge in [0, 0.05) is 19.0 Å². The summed E-state index contributed by atoms with van der Waals surface area (Å²) in [4.78, 5) is 12.1. The Hall–Kier alpha value is -0.570. The summed E-state index contributed by atoms with van der Waals surface area (Å²) in [6.07, 6.45) is 10.3. The van der Waals surface area contributed by atoms with Crippen LogP contribution in [-0.2, 0) is 4.79 Å². The summed E-state index contributed by atoms with van der Waals surface area (Å²) in [5.74, 6) is 0.586. The minimum absolute atomic E-state index is 0.191. The van der Waals surface area contributed by atoms with Crippen molar-refractivity contribution in [3.8, 4) is 0 Å². The number of carbonyl (C=O) groups excluding carboxylic acids is 1. The van der Waals surface area contributed by atoms with E-state index < -0.39 is 0 Å². The van der Waals surface area contributed by atoms with Gasteiger partial charge in [0.05, 0.1) is 0 Å². The lowest BCUT2D eigenvalue weighted by molar-refractivity contribution is -0.122. The summed E-state index contributed by atoms with van der Waals surface area (Å²) in [7, 11) is 0. The van der Waals surface area contributed by atoms with Crippen molar-refractivity contribution < 1.29 is 4.79 Å². The smallest absolute Gasteiger partial charge is 0.220 e. The largest absolute Gasteiger partial charge is 0.356 e. The highest BCUT2D eigenvalue weighted by atomic mass is 16.1. The molecule has 1 fully saturated rings. The van der Waals surface area contributed by atoms with Crippen LogP contribution >= 0.6 is 0 Å². The van der Waals surface area contributed by atoms with E-state index in [2.05, 4.69) is 26.1 Å². The van der Waals surface area contributed by atoms with Crippen molar-refractivity contribution in [1.82, 2.24) is 5.32 Å². The zero-order chi connectivity index (χ0) is 15.0. The first-order chi connectivity index (χ1) is 9.44. The highest BCUT2D eigenvalue weighted by Gasteiger charge is 2.25. The van der Waals surface area contributed by atoms with E-state index in [1.807, 2.05) is 0 Å². The lowest BCUT2D eigenvalue weighted by Gasteiger charge is -2.29. The Balaban J connectivity index is 2.24. The molecule has 2 unspecified atom stereocenters. The monoisotopic (exact) mass is 282 g/mol. The molecule has 3 nitrogen and oxygen atoms in total. The quantitative estimate of drug-likeness (QED) is 0.668. The van der Waals surface area contributed by atoms with Gasteiger partial charge >= 0.3 is 0 Å². The summed E-state index contributed by atoms with van der Waals surface area (Å²) in [5, 5.41) is 3.12. The molecule has 0 heterocycles. The average molecular weight is 282 g/mol. The van der Waals surface area contributed by atoms with E-state index in [-0.39, 0.29) is 17.4 Å². The number of nitrogens with one attached hydrogen (secondary N) is 1. The van der Waals surface area contributed by atoms with E-state index >= 15 is 0 Å². The third-order valence-corrected chi connectivity index (χ3v) is 4.64. The van der Waals surface area contributed by atoms with Gasteiger partial charge in [-0.25, -0.2) is 0 Å². The molecule has 2 atom stereocenters. The second-order valence-corrected chi connectivity index (χ2v) is 7.31. The molecule has 118 valence electrons. The second-order valence-electron chi connectivity index (χ2n) is 7.31. The summed E-state index contributed by atoms with van der Waals surface area (Å²) in [5.41, 5.74) is 6.32. The first-order valence-corrected chi connectivity index (χ1v) is 8.47. The molecule has 1 aliphatic carbocycles. The van der Waals surface area contributed by atoms with Gasteiger partial charge in [0.15, 0.2) is 0 Å². The van der Waals surface area contributed by atoms with Crippen molar-refractivity contribution in [2.75, 3.05) is 6.54 Å². The number of unbranched alkanes of at least 4 members (excludes halogenated alkanes) is 2. The third-order valence-electron chi connectivity index (χ3n) is 4.64. The SMILES string of the molecule is CCCCCC(C)(C)CNC(=O)CC1CCCCC1N. The van der Waals surface area contributed by atoms with Crippen LogP contribution in [0.2, 0.25) is 0 Å². The van der Waals surface area contributed by atoms with Crippen molar-refractivity contribution in [3.63, 3.8) is 0 Å². The van der Waals surface area contributed by atoms with Crippen molar-refractivity contribution in [3.05, 3.63) is 0 Å². The molecule has 3 N–H and O–H groups in total. The number of hydrogen-bond acceptors (Lipinski definition) is 2. The zero-order valence-corrected chi connectivity index (χ0v) is 13.7. The predicted octanol–water partition coefficient (Wildman–Crippen LogP) is 3.62. The van der Waals surface area contributed by atoms with Gasteiger partial charge < -0.3 is 11.1 Å². The van der Waals surface area contributed by atoms with Gasteiger partial charge in [-0.05, 0) is 30.6 Å². The first-order valence-electron chi connectivity index (χ1n) is 8.47. The van der Waals surface area contributed by atoms with E-state index in [0.29, 0.717) is 12.3 Å². The van der Waals surface area contributed by atoms with Gasteiger partial charge in [-0.1, -0.05) is 52.9 Å². The third kappa shape index (κ3) is 6.74. The van der Waals surface area contributed by atoms with Gasteiger partial charge in [0.1, 0.15) is 0 Å². The number of amides is 1. The van der Waals surface area contributed by atoms with Crippen molar-refractivity contribution in [2.45, 2.75) is 84.6 Å². The van der Waals surface area contributed by atoms with E-state index in [9.17, 15) is 4.79 Å². The van der Waals surface area contributed by atoms with Crippen LogP contribution in [0.25, 0.3) is 0 Å². The summed E-state index contributed by atoms with van der Waals surface area (Å²) < 4.78 is 0. The van der Waals surface area contributed by atoms with Crippen LogP contribution in [0.4, 0.5) is 0 Å². The predicted molar refractivity (Wildman–Crippen MR) is 85.5 cm³/mol. The molecule has 0 aromatic rings. The van der Waals surface area contributed by atoms with Gasteiger partial charge in [-0.15, -0.1) is 0 Å². The maximum atomic E-state index is 12.1. The molecule has 0 radical (unpaired) electrons. The Morgan fingerprint density at radius 3 is 2.60 bits per heavy atom. The minimum Gasteiger partial charge on any atom is -0.356 e. The van der Waals surface area contributed by atoms with Crippen LogP contribution in [0.15, 0.2) is 0 Å². The Kier molecular flexibility index (Phi) is 7.57. The molecule has 3 heteroatoms. The summed E-state index contributed by atoms with van der Waals surface area (Å²) in [6.45, 7) is 7.50. The topological polar surface area (TPSA) is 55.1 Å². The van der Waals surface area contributed by atoms with Crippen molar-refractivity contribution in [1.29, 1.82) is 0 Å². The molecule has 1 rings (SSSR count). The molecular formula is C17H34N2O. The molecule has 0 aromatic carbocycles. The molecule has 1 saturated carbocycles. The van der Waals surface area contributed by atoms with Gasteiger partial charge in [0.2, 0.25) is 5.91 Å². The number of hydrogen-bond donors (Lipinski definition) is 2.